The van der Waals surface area contributed by atoms with Crippen LogP contribution in [0.3, 0.4) is 0 Å². The fraction of sp³-hybridized carbons (Fsp3) is 0.750. The minimum atomic E-state index is -3.13. The van der Waals surface area contributed by atoms with Gasteiger partial charge in [-0.1, -0.05) is 6.08 Å². The van der Waals surface area contributed by atoms with Crippen LogP contribution in [-0.2, 0) is 14.6 Å². The van der Waals surface area contributed by atoms with Crippen LogP contribution in [-0.4, -0.2) is 39.7 Å². The molecule has 5 nitrogen and oxygen atoms in total. The van der Waals surface area contributed by atoms with Gasteiger partial charge in [0.15, 0.2) is 9.84 Å². The average molecular weight is 274 g/mol. The number of carbonyl (C=O) groups is 1. The highest BCUT2D eigenvalue weighted by Crippen LogP contribution is 2.13. The van der Waals surface area contributed by atoms with E-state index < -0.39 is 9.84 Å². The van der Waals surface area contributed by atoms with Gasteiger partial charge in [-0.2, -0.15) is 0 Å². The Morgan fingerprint density at radius 3 is 2.78 bits per heavy atom. The third kappa shape index (κ3) is 6.16. The van der Waals surface area contributed by atoms with Gasteiger partial charge in [0.05, 0.1) is 0 Å². The lowest BCUT2D eigenvalue weighted by Crippen LogP contribution is -2.36. The number of hydrogen-bond acceptors (Lipinski definition) is 4. The fourth-order valence-electron chi connectivity index (χ4n) is 1.93. The first kappa shape index (κ1) is 15.2. The summed E-state index contributed by atoms with van der Waals surface area (Å²) < 4.78 is 21.9. The number of hydrogen-bond donors (Lipinski definition) is 2. The van der Waals surface area contributed by atoms with E-state index in [1.807, 2.05) is 0 Å². The molecule has 0 aromatic rings. The van der Waals surface area contributed by atoms with Gasteiger partial charge in [-0.15, -0.1) is 0 Å². The SMILES string of the molecule is C[C@H](/C=C\S(C)(=O)=O)NC(=O)C1CCCNCC1. The highest BCUT2D eigenvalue weighted by atomic mass is 32.2. The number of nitrogens with one attached hydrogen (secondary N) is 2. The van der Waals surface area contributed by atoms with Crippen molar-refractivity contribution in [2.24, 2.45) is 5.92 Å². The summed E-state index contributed by atoms with van der Waals surface area (Å²) >= 11 is 0. The summed E-state index contributed by atoms with van der Waals surface area (Å²) in [6.07, 6.45) is 5.37. The van der Waals surface area contributed by atoms with Crippen molar-refractivity contribution in [2.45, 2.75) is 32.2 Å². The van der Waals surface area contributed by atoms with Crippen molar-refractivity contribution in [3.05, 3.63) is 11.5 Å². The Morgan fingerprint density at radius 1 is 1.39 bits per heavy atom. The van der Waals surface area contributed by atoms with Gasteiger partial charge >= 0.3 is 0 Å². The molecule has 1 unspecified atom stereocenters. The Bertz CT molecular complexity index is 396. The van der Waals surface area contributed by atoms with E-state index in [-0.39, 0.29) is 17.9 Å². The van der Waals surface area contributed by atoms with Crippen LogP contribution in [0.25, 0.3) is 0 Å². The average Bonchev–Trinajstić information content (AvgIpc) is 2.54. The Balaban J connectivity index is 2.45. The number of rotatable bonds is 4. The predicted octanol–water partition coefficient (Wildman–Crippen LogP) is 0.439. The number of carbonyl (C=O) groups excluding carboxylic acids is 1. The minimum Gasteiger partial charge on any atom is -0.350 e. The molecule has 1 aliphatic rings. The van der Waals surface area contributed by atoms with Gasteiger partial charge in [-0.3, -0.25) is 4.79 Å². The summed E-state index contributed by atoms with van der Waals surface area (Å²) in [6, 6.07) is -0.261. The molecule has 0 aromatic heterocycles. The third-order valence-corrected chi connectivity index (χ3v) is 3.58. The molecule has 104 valence electrons. The first-order valence-corrected chi connectivity index (χ1v) is 8.23. The normalized spacial score (nSPS) is 23.6. The van der Waals surface area contributed by atoms with Crippen molar-refractivity contribution in [3.63, 3.8) is 0 Å². The molecule has 2 atom stereocenters. The van der Waals surface area contributed by atoms with Gasteiger partial charge in [0, 0.05) is 23.6 Å². The molecular weight excluding hydrogens is 252 g/mol. The smallest absolute Gasteiger partial charge is 0.223 e. The van der Waals surface area contributed by atoms with E-state index >= 15 is 0 Å². The summed E-state index contributed by atoms with van der Waals surface area (Å²) in [5, 5.41) is 7.22. The first-order chi connectivity index (χ1) is 8.38. The summed E-state index contributed by atoms with van der Waals surface area (Å²) in [6.45, 7) is 3.60. The van der Waals surface area contributed by atoms with Crippen LogP contribution >= 0.6 is 0 Å². The third-order valence-electron chi connectivity index (χ3n) is 2.93. The number of amides is 1. The van der Waals surface area contributed by atoms with Crippen LogP contribution in [0, 0.1) is 5.92 Å². The minimum absolute atomic E-state index is 0.0179. The van der Waals surface area contributed by atoms with Gasteiger partial charge in [-0.25, -0.2) is 8.42 Å². The van der Waals surface area contributed by atoms with Crippen LogP contribution in [0.1, 0.15) is 26.2 Å². The quantitative estimate of drug-likeness (QED) is 0.780. The van der Waals surface area contributed by atoms with Gasteiger partial charge in [-0.05, 0) is 39.3 Å². The molecule has 1 aliphatic heterocycles. The molecule has 1 heterocycles. The first-order valence-electron chi connectivity index (χ1n) is 6.28. The standard InChI is InChI=1S/C12H22N2O3S/c1-10(6-9-18(2,16)17)14-12(15)11-4-3-7-13-8-5-11/h6,9-11,13H,3-5,7-8H2,1-2H3,(H,14,15)/b9-6-/t10-,11?/m1/s1. The largest absolute Gasteiger partial charge is 0.350 e. The molecule has 0 radical (unpaired) electrons. The lowest BCUT2D eigenvalue weighted by Gasteiger charge is -2.16. The van der Waals surface area contributed by atoms with Gasteiger partial charge in [0.1, 0.15) is 0 Å². The molecule has 0 aromatic carbocycles. The van der Waals surface area contributed by atoms with E-state index in [1.165, 1.54) is 6.08 Å². The summed E-state index contributed by atoms with van der Waals surface area (Å²) in [7, 11) is -3.13. The topological polar surface area (TPSA) is 75.3 Å². The highest BCUT2D eigenvalue weighted by molar-refractivity contribution is 7.93. The van der Waals surface area contributed by atoms with Crippen LogP contribution in [0.2, 0.25) is 0 Å². The zero-order chi connectivity index (χ0) is 13.6. The molecule has 1 fully saturated rings. The Kier molecular flexibility index (Phi) is 5.81. The molecule has 1 rings (SSSR count). The molecule has 18 heavy (non-hydrogen) atoms. The molecule has 2 N–H and O–H groups in total. The van der Waals surface area contributed by atoms with E-state index in [0.717, 1.165) is 44.0 Å². The maximum atomic E-state index is 12.0. The molecule has 0 spiro atoms. The van der Waals surface area contributed by atoms with E-state index in [4.69, 9.17) is 0 Å². The number of sulfone groups is 1. The summed E-state index contributed by atoms with van der Waals surface area (Å²) in [5.41, 5.74) is 0. The van der Waals surface area contributed by atoms with E-state index in [1.54, 1.807) is 6.92 Å². The van der Waals surface area contributed by atoms with Crippen LogP contribution in [0.4, 0.5) is 0 Å². The van der Waals surface area contributed by atoms with Crippen molar-refractivity contribution in [2.75, 3.05) is 19.3 Å². The molecule has 0 aliphatic carbocycles. The second-order valence-corrected chi connectivity index (χ2v) is 6.76. The van der Waals surface area contributed by atoms with Crippen LogP contribution in [0.15, 0.2) is 11.5 Å². The molecule has 6 heteroatoms. The molecule has 0 saturated carbocycles. The van der Waals surface area contributed by atoms with E-state index in [2.05, 4.69) is 10.6 Å². The summed E-state index contributed by atoms with van der Waals surface area (Å²) in [5.74, 6) is 0.0541. The van der Waals surface area contributed by atoms with Gasteiger partial charge in [0.25, 0.3) is 0 Å². The van der Waals surface area contributed by atoms with Crippen LogP contribution < -0.4 is 10.6 Å². The lowest BCUT2D eigenvalue weighted by atomic mass is 9.99. The zero-order valence-corrected chi connectivity index (χ0v) is 11.8. The molecule has 1 amide bonds. The van der Waals surface area contributed by atoms with Gasteiger partial charge < -0.3 is 10.6 Å². The van der Waals surface area contributed by atoms with Crippen molar-refractivity contribution in [3.8, 4) is 0 Å². The molecule has 0 bridgehead atoms. The second-order valence-electron chi connectivity index (χ2n) is 4.83. The zero-order valence-electron chi connectivity index (χ0n) is 11.0. The van der Waals surface area contributed by atoms with E-state index in [0.29, 0.717) is 0 Å². The lowest BCUT2D eigenvalue weighted by molar-refractivity contribution is -0.125. The molecular formula is C12H22N2O3S. The molecule has 1 saturated heterocycles. The monoisotopic (exact) mass is 274 g/mol. The maximum absolute atomic E-state index is 12.0. The Hall–Kier alpha value is -0.880. The fourth-order valence-corrected chi connectivity index (χ4v) is 2.45. The second kappa shape index (κ2) is 6.89. The Labute approximate surface area is 109 Å². The van der Waals surface area contributed by atoms with Crippen molar-refractivity contribution in [1.29, 1.82) is 0 Å². The van der Waals surface area contributed by atoms with Gasteiger partial charge in [0.2, 0.25) is 5.91 Å². The van der Waals surface area contributed by atoms with Crippen molar-refractivity contribution >= 4 is 15.7 Å². The van der Waals surface area contributed by atoms with E-state index in [9.17, 15) is 13.2 Å². The maximum Gasteiger partial charge on any atom is 0.223 e. The highest BCUT2D eigenvalue weighted by Gasteiger charge is 2.20. The predicted molar refractivity (Wildman–Crippen MR) is 71.8 cm³/mol. The van der Waals surface area contributed by atoms with Crippen molar-refractivity contribution < 1.29 is 13.2 Å². The van der Waals surface area contributed by atoms with Crippen LogP contribution in [0.5, 0.6) is 0 Å². The van der Waals surface area contributed by atoms with Crippen molar-refractivity contribution in [1.82, 2.24) is 10.6 Å². The summed E-state index contributed by atoms with van der Waals surface area (Å²) in [4.78, 5) is 12.0. The Morgan fingerprint density at radius 2 is 2.11 bits per heavy atom.